The zero-order valence-corrected chi connectivity index (χ0v) is 19.1. The third kappa shape index (κ3) is 6.28. The molecule has 0 radical (unpaired) electrons. The number of benzene rings is 2. The average molecular weight is 508 g/mol. The van der Waals surface area contributed by atoms with Crippen molar-refractivity contribution in [3.63, 3.8) is 0 Å². The highest BCUT2D eigenvalue weighted by Crippen LogP contribution is 2.34. The molecule has 2 aromatic carbocycles. The number of rotatable bonds is 8. The number of nitriles is 1. The van der Waals surface area contributed by atoms with Crippen molar-refractivity contribution >= 4 is 33.2 Å². The van der Waals surface area contributed by atoms with Gasteiger partial charge in [-0.25, -0.2) is 18.7 Å². The van der Waals surface area contributed by atoms with E-state index in [1.165, 1.54) is 31.3 Å². The Hall–Kier alpha value is -4.09. The molecule has 0 fully saturated rings. The van der Waals surface area contributed by atoms with Crippen molar-refractivity contribution in [2.45, 2.75) is 12.7 Å². The van der Waals surface area contributed by atoms with E-state index in [-0.39, 0.29) is 29.5 Å². The van der Waals surface area contributed by atoms with Crippen LogP contribution in [0.15, 0.2) is 48.7 Å². The second-order valence-electron chi connectivity index (χ2n) is 7.25. The lowest BCUT2D eigenvalue weighted by atomic mass is 10.2. The standard InChI is InChI=1S/C21H19F3N6O4S/c1-30(35(2,32)33)16-5-3-4-13(8-16)11-26-19-17(21(22,23)24)12-27-20(29-19)28-15-7-6-14(10-25)18(9-15)34-31/h3-9,12,31H,11H2,1-2H3,(H2,26,27,28,29). The number of sulfonamides is 1. The number of nitrogens with one attached hydrogen (secondary N) is 2. The van der Waals surface area contributed by atoms with Crippen LogP contribution in [0.3, 0.4) is 0 Å². The first kappa shape index (κ1) is 25.5. The summed E-state index contributed by atoms with van der Waals surface area (Å²) < 4.78 is 65.2. The van der Waals surface area contributed by atoms with Gasteiger partial charge < -0.3 is 15.5 Å². The molecule has 0 saturated carbocycles. The third-order valence-corrected chi connectivity index (χ3v) is 5.99. The van der Waals surface area contributed by atoms with Gasteiger partial charge in [0.1, 0.15) is 17.5 Å². The Morgan fingerprint density at radius 1 is 1.23 bits per heavy atom. The lowest BCUT2D eigenvalue weighted by Crippen LogP contribution is -2.24. The van der Waals surface area contributed by atoms with Crippen molar-refractivity contribution in [3.8, 4) is 11.8 Å². The lowest BCUT2D eigenvalue weighted by molar-refractivity contribution is -0.137. The molecule has 10 nitrogen and oxygen atoms in total. The molecule has 0 saturated heterocycles. The summed E-state index contributed by atoms with van der Waals surface area (Å²) in [4.78, 5) is 11.7. The zero-order valence-electron chi connectivity index (χ0n) is 18.3. The molecule has 1 heterocycles. The predicted molar refractivity (Wildman–Crippen MR) is 122 cm³/mol. The smallest absolute Gasteiger partial charge is 0.365 e. The molecule has 14 heteroatoms. The van der Waals surface area contributed by atoms with Crippen LogP contribution in [0, 0.1) is 11.3 Å². The molecule has 0 unspecified atom stereocenters. The SMILES string of the molecule is CN(c1cccc(CNc2nc(Nc3ccc(C#N)c(OO)c3)ncc2C(F)(F)F)c1)S(C)(=O)=O. The van der Waals surface area contributed by atoms with E-state index < -0.39 is 27.6 Å². The van der Waals surface area contributed by atoms with Crippen LogP contribution in [0.25, 0.3) is 0 Å². The van der Waals surface area contributed by atoms with Gasteiger partial charge in [-0.3, -0.25) is 4.31 Å². The van der Waals surface area contributed by atoms with Gasteiger partial charge in [0.15, 0.2) is 5.75 Å². The molecule has 1 aromatic heterocycles. The molecule has 3 N–H and O–H groups in total. The van der Waals surface area contributed by atoms with Crippen LogP contribution in [0.2, 0.25) is 0 Å². The Bertz CT molecular complexity index is 1380. The van der Waals surface area contributed by atoms with E-state index in [1.54, 1.807) is 24.3 Å². The Kier molecular flexibility index (Phi) is 7.32. The molecule has 0 spiro atoms. The topological polar surface area (TPSA) is 140 Å². The van der Waals surface area contributed by atoms with E-state index >= 15 is 0 Å². The number of nitrogens with zero attached hydrogens (tertiary/aromatic N) is 4. The van der Waals surface area contributed by atoms with Gasteiger partial charge in [-0.15, -0.1) is 0 Å². The van der Waals surface area contributed by atoms with Gasteiger partial charge in [-0.1, -0.05) is 12.1 Å². The maximum absolute atomic E-state index is 13.5. The number of hydrogen-bond donors (Lipinski definition) is 3. The van der Waals surface area contributed by atoms with Gasteiger partial charge in [-0.2, -0.15) is 23.4 Å². The minimum absolute atomic E-state index is 0.0393. The Morgan fingerprint density at radius 2 is 1.97 bits per heavy atom. The van der Waals surface area contributed by atoms with Crippen molar-refractivity contribution in [3.05, 3.63) is 65.4 Å². The number of alkyl halides is 3. The van der Waals surface area contributed by atoms with Crippen LogP contribution < -0.4 is 19.8 Å². The molecule has 0 bridgehead atoms. The summed E-state index contributed by atoms with van der Waals surface area (Å²) in [6.45, 7) is -0.0929. The van der Waals surface area contributed by atoms with Crippen molar-refractivity contribution in [1.29, 1.82) is 5.26 Å². The normalized spacial score (nSPS) is 11.5. The van der Waals surface area contributed by atoms with E-state index in [1.807, 2.05) is 0 Å². The number of anilines is 4. The van der Waals surface area contributed by atoms with Gasteiger partial charge in [0.25, 0.3) is 0 Å². The van der Waals surface area contributed by atoms with E-state index in [2.05, 4.69) is 25.5 Å². The summed E-state index contributed by atoms with van der Waals surface area (Å²) in [7, 11) is -2.15. The lowest BCUT2D eigenvalue weighted by Gasteiger charge is -2.18. The summed E-state index contributed by atoms with van der Waals surface area (Å²) in [5.74, 6) is -0.870. The fourth-order valence-corrected chi connectivity index (χ4v) is 3.42. The quantitative estimate of drug-likeness (QED) is 0.304. The number of hydrogen-bond acceptors (Lipinski definition) is 9. The monoisotopic (exact) mass is 508 g/mol. The van der Waals surface area contributed by atoms with Crippen LogP contribution in [0.1, 0.15) is 16.7 Å². The zero-order chi connectivity index (χ0) is 25.8. The maximum Gasteiger partial charge on any atom is 0.421 e. The van der Waals surface area contributed by atoms with Crippen LogP contribution >= 0.6 is 0 Å². The van der Waals surface area contributed by atoms with E-state index in [0.717, 1.165) is 10.6 Å². The fraction of sp³-hybridized carbons (Fsp3) is 0.190. The molecule has 0 atom stereocenters. The summed E-state index contributed by atoms with van der Waals surface area (Å²) in [5.41, 5.74) is 0.0334. The van der Waals surface area contributed by atoms with Crippen molar-refractivity contribution < 1.29 is 31.7 Å². The number of halogens is 3. The molecular formula is C21H19F3N6O4S. The van der Waals surface area contributed by atoms with E-state index in [9.17, 15) is 21.6 Å². The summed E-state index contributed by atoms with van der Waals surface area (Å²) in [6.07, 6.45) is -3.10. The first-order valence-corrected chi connectivity index (χ1v) is 11.6. The molecule has 0 aliphatic carbocycles. The van der Waals surface area contributed by atoms with Crippen LogP contribution in [-0.4, -0.2) is 36.9 Å². The highest BCUT2D eigenvalue weighted by molar-refractivity contribution is 7.92. The molecule has 35 heavy (non-hydrogen) atoms. The predicted octanol–water partition coefficient (Wildman–Crippen LogP) is 3.97. The molecular weight excluding hydrogens is 489 g/mol. The van der Waals surface area contributed by atoms with Gasteiger partial charge in [0.2, 0.25) is 16.0 Å². The minimum atomic E-state index is -4.74. The first-order valence-electron chi connectivity index (χ1n) is 9.76. The molecule has 0 aliphatic rings. The van der Waals surface area contributed by atoms with Crippen molar-refractivity contribution in [2.24, 2.45) is 0 Å². The van der Waals surface area contributed by atoms with Gasteiger partial charge in [0.05, 0.1) is 17.5 Å². The Labute approximate surface area is 198 Å². The molecule has 3 rings (SSSR count). The van der Waals surface area contributed by atoms with Crippen molar-refractivity contribution in [1.82, 2.24) is 9.97 Å². The van der Waals surface area contributed by atoms with Gasteiger partial charge >= 0.3 is 6.18 Å². The van der Waals surface area contributed by atoms with Gasteiger partial charge in [0, 0.05) is 31.5 Å². The second-order valence-corrected chi connectivity index (χ2v) is 9.26. The van der Waals surface area contributed by atoms with Crippen LogP contribution in [-0.2, 0) is 22.7 Å². The number of aromatic nitrogens is 2. The van der Waals surface area contributed by atoms with Crippen LogP contribution in [0.5, 0.6) is 5.75 Å². The Balaban J connectivity index is 1.88. The van der Waals surface area contributed by atoms with E-state index in [4.69, 9.17) is 10.5 Å². The second kappa shape index (κ2) is 10.0. The largest absolute Gasteiger partial charge is 0.421 e. The summed E-state index contributed by atoms with van der Waals surface area (Å²) >= 11 is 0. The molecule has 3 aromatic rings. The highest BCUT2D eigenvalue weighted by atomic mass is 32.2. The maximum atomic E-state index is 13.5. The first-order chi connectivity index (χ1) is 16.4. The fourth-order valence-electron chi connectivity index (χ4n) is 2.92. The molecule has 0 amide bonds. The van der Waals surface area contributed by atoms with Crippen molar-refractivity contribution in [2.75, 3.05) is 28.2 Å². The summed E-state index contributed by atoms with van der Waals surface area (Å²) in [6, 6.07) is 12.1. The molecule has 0 aliphatic heterocycles. The Morgan fingerprint density at radius 3 is 2.60 bits per heavy atom. The minimum Gasteiger partial charge on any atom is -0.365 e. The van der Waals surface area contributed by atoms with Crippen LogP contribution in [0.4, 0.5) is 36.3 Å². The van der Waals surface area contributed by atoms with Gasteiger partial charge in [-0.05, 0) is 29.8 Å². The summed E-state index contributed by atoms with van der Waals surface area (Å²) in [5, 5.41) is 23.2. The highest BCUT2D eigenvalue weighted by Gasteiger charge is 2.35. The third-order valence-electron chi connectivity index (χ3n) is 4.78. The van der Waals surface area contributed by atoms with E-state index in [0.29, 0.717) is 17.4 Å². The average Bonchev–Trinajstić information content (AvgIpc) is 2.81. The molecule has 184 valence electrons.